The van der Waals surface area contributed by atoms with Crippen molar-refractivity contribution in [2.45, 2.75) is 12.1 Å². The molecule has 2 fully saturated rings. The fraction of sp³-hybridized carbons (Fsp3) is 0.167. The number of anilines is 2. The first kappa shape index (κ1) is 21.9. The van der Waals surface area contributed by atoms with Crippen molar-refractivity contribution in [2.75, 3.05) is 17.1 Å². The zero-order valence-corrected chi connectivity index (χ0v) is 18.6. The summed E-state index contributed by atoms with van der Waals surface area (Å²) >= 11 is 6.02. The quantitative estimate of drug-likeness (QED) is 0.305. The largest absolute Gasteiger partial charge is 0.497 e. The van der Waals surface area contributed by atoms with Gasteiger partial charge in [-0.05, 0) is 35.9 Å². The van der Waals surface area contributed by atoms with Gasteiger partial charge >= 0.3 is 0 Å². The van der Waals surface area contributed by atoms with Gasteiger partial charge in [-0.3, -0.25) is 24.5 Å². The molecule has 3 aromatic carbocycles. The third kappa shape index (κ3) is 3.46. The lowest BCUT2D eigenvalue weighted by Crippen LogP contribution is -2.37. The first-order valence-corrected chi connectivity index (χ1v) is 10.8. The van der Waals surface area contributed by atoms with Crippen molar-refractivity contribution in [3.8, 4) is 5.75 Å². The van der Waals surface area contributed by atoms with Gasteiger partial charge in [-0.25, -0.2) is 9.96 Å². The lowest BCUT2D eigenvalue weighted by atomic mass is 9.90. The summed E-state index contributed by atoms with van der Waals surface area (Å²) in [6.07, 6.45) is -1.10. The van der Waals surface area contributed by atoms with Crippen LogP contribution in [0.15, 0.2) is 72.8 Å². The fourth-order valence-electron chi connectivity index (χ4n) is 4.41. The Morgan fingerprint density at radius 3 is 2.41 bits per heavy atom. The second-order valence-electron chi connectivity index (χ2n) is 7.84. The van der Waals surface area contributed by atoms with Gasteiger partial charge in [0.05, 0.1) is 29.4 Å². The number of fused-ring (bicyclic) bond motifs is 1. The molecular weight excluding hydrogens is 462 g/mol. The molecule has 0 aliphatic carbocycles. The number of nitrogens with zero attached hydrogens (tertiary/aromatic N) is 3. The molecule has 3 atom stereocenters. The summed E-state index contributed by atoms with van der Waals surface area (Å²) in [5.41, 5.74) is 1.10. The van der Waals surface area contributed by atoms with E-state index in [4.69, 9.17) is 21.2 Å². The van der Waals surface area contributed by atoms with E-state index in [1.54, 1.807) is 54.6 Å². The number of hydroxylamine groups is 1. The van der Waals surface area contributed by atoms with Gasteiger partial charge < -0.3 is 4.74 Å². The Balaban J connectivity index is 1.61. The average molecular weight is 480 g/mol. The highest BCUT2D eigenvalue weighted by molar-refractivity contribution is 6.32. The number of benzene rings is 3. The van der Waals surface area contributed by atoms with Gasteiger partial charge in [0.15, 0.2) is 6.10 Å². The number of halogens is 1. The summed E-state index contributed by atoms with van der Waals surface area (Å²) < 4.78 is 5.23. The predicted octanol–water partition coefficient (Wildman–Crippen LogP) is 4.31. The number of amides is 2. The number of hydrogen-bond donors (Lipinski definition) is 0. The molecule has 2 aliphatic heterocycles. The third-order valence-corrected chi connectivity index (χ3v) is 6.27. The van der Waals surface area contributed by atoms with E-state index in [2.05, 4.69) is 0 Å². The molecule has 0 unspecified atom stereocenters. The van der Waals surface area contributed by atoms with Gasteiger partial charge in [0, 0.05) is 12.1 Å². The minimum atomic E-state index is -1.10. The third-order valence-electron chi connectivity index (χ3n) is 5.95. The predicted molar refractivity (Wildman–Crippen MR) is 124 cm³/mol. The van der Waals surface area contributed by atoms with Gasteiger partial charge in [-0.15, -0.1) is 0 Å². The Hall–Kier alpha value is -3.95. The standard InChI is InChI=1S/C24H18ClN3O6/c1-33-17-9-5-8-16(13-17)26-23(29)20-21(14-10-11-18(25)19(12-14)28(31)32)27(34-22(20)24(26)30)15-6-3-2-4-7-15/h2-13,20-22H,1H3/t20-,21+,22-/m0/s1. The summed E-state index contributed by atoms with van der Waals surface area (Å²) in [6, 6.07) is 19.1. The second kappa shape index (κ2) is 8.44. The van der Waals surface area contributed by atoms with E-state index in [0.29, 0.717) is 22.7 Å². The number of para-hydroxylation sites is 1. The highest BCUT2D eigenvalue weighted by Gasteiger charge is 2.60. The molecule has 2 aliphatic rings. The molecule has 5 rings (SSSR count). The molecule has 0 saturated carbocycles. The molecule has 9 nitrogen and oxygen atoms in total. The molecule has 2 amide bonds. The maximum Gasteiger partial charge on any atom is 0.288 e. The lowest BCUT2D eigenvalue weighted by Gasteiger charge is -2.28. The molecule has 10 heteroatoms. The lowest BCUT2D eigenvalue weighted by molar-refractivity contribution is -0.384. The van der Waals surface area contributed by atoms with Crippen LogP contribution in [0.3, 0.4) is 0 Å². The number of nitro groups is 1. The highest BCUT2D eigenvalue weighted by Crippen LogP contribution is 2.48. The van der Waals surface area contributed by atoms with Gasteiger partial charge in [0.1, 0.15) is 16.7 Å². The minimum Gasteiger partial charge on any atom is -0.497 e. The molecule has 0 aromatic heterocycles. The van der Waals surface area contributed by atoms with E-state index in [1.165, 1.54) is 24.3 Å². The van der Waals surface area contributed by atoms with E-state index >= 15 is 0 Å². The monoisotopic (exact) mass is 479 g/mol. The summed E-state index contributed by atoms with van der Waals surface area (Å²) in [5, 5.41) is 13.0. The number of carbonyl (C=O) groups is 2. The van der Waals surface area contributed by atoms with Gasteiger partial charge in [-0.2, -0.15) is 0 Å². The van der Waals surface area contributed by atoms with Crippen molar-refractivity contribution >= 4 is 40.5 Å². The van der Waals surface area contributed by atoms with Crippen molar-refractivity contribution in [3.63, 3.8) is 0 Å². The van der Waals surface area contributed by atoms with Crippen molar-refractivity contribution < 1.29 is 24.1 Å². The minimum absolute atomic E-state index is 0.0256. The molecular formula is C24H18ClN3O6. The number of rotatable bonds is 5. The van der Waals surface area contributed by atoms with Crippen LogP contribution < -0.4 is 14.7 Å². The van der Waals surface area contributed by atoms with Gasteiger partial charge in [0.2, 0.25) is 5.91 Å². The molecule has 0 spiro atoms. The molecule has 0 bridgehead atoms. The fourth-order valence-corrected chi connectivity index (χ4v) is 4.60. The van der Waals surface area contributed by atoms with E-state index in [0.717, 1.165) is 4.90 Å². The Morgan fingerprint density at radius 2 is 1.71 bits per heavy atom. The Labute approximate surface area is 199 Å². The van der Waals surface area contributed by atoms with Gasteiger partial charge in [-0.1, -0.05) is 41.9 Å². The van der Waals surface area contributed by atoms with E-state index in [1.807, 2.05) is 6.07 Å². The summed E-state index contributed by atoms with van der Waals surface area (Å²) in [7, 11) is 1.49. The normalized spacial score (nSPS) is 21.6. The number of ether oxygens (including phenoxy) is 1. The van der Waals surface area contributed by atoms with Crippen LogP contribution in [-0.2, 0) is 14.4 Å². The van der Waals surface area contributed by atoms with Crippen LogP contribution in [0.5, 0.6) is 5.75 Å². The summed E-state index contributed by atoms with van der Waals surface area (Å²) in [4.78, 5) is 45.1. The van der Waals surface area contributed by atoms with Gasteiger partial charge in [0.25, 0.3) is 11.6 Å². The van der Waals surface area contributed by atoms with Crippen molar-refractivity contribution in [3.05, 3.63) is 93.5 Å². The van der Waals surface area contributed by atoms with Crippen LogP contribution in [0.2, 0.25) is 5.02 Å². The Bertz CT molecular complexity index is 1300. The average Bonchev–Trinajstić information content (AvgIpc) is 3.35. The first-order chi connectivity index (χ1) is 16.4. The van der Waals surface area contributed by atoms with Crippen LogP contribution in [0.4, 0.5) is 17.1 Å². The topological polar surface area (TPSA) is 102 Å². The van der Waals surface area contributed by atoms with Crippen LogP contribution in [0.25, 0.3) is 0 Å². The first-order valence-electron chi connectivity index (χ1n) is 10.4. The smallest absolute Gasteiger partial charge is 0.288 e. The zero-order chi connectivity index (χ0) is 24.0. The Morgan fingerprint density at radius 1 is 0.971 bits per heavy atom. The van der Waals surface area contributed by atoms with Crippen LogP contribution >= 0.6 is 11.6 Å². The van der Waals surface area contributed by atoms with Crippen LogP contribution in [0.1, 0.15) is 11.6 Å². The molecule has 0 N–H and O–H groups in total. The molecule has 2 heterocycles. The van der Waals surface area contributed by atoms with E-state index in [9.17, 15) is 19.7 Å². The van der Waals surface area contributed by atoms with E-state index < -0.39 is 34.8 Å². The Kier molecular flexibility index (Phi) is 5.43. The molecule has 0 radical (unpaired) electrons. The summed E-state index contributed by atoms with van der Waals surface area (Å²) in [6.45, 7) is 0. The van der Waals surface area contributed by atoms with E-state index in [-0.39, 0.29) is 10.7 Å². The molecule has 172 valence electrons. The van der Waals surface area contributed by atoms with Crippen LogP contribution in [0, 0.1) is 16.0 Å². The number of nitro benzene ring substituents is 1. The highest BCUT2D eigenvalue weighted by atomic mass is 35.5. The molecule has 34 heavy (non-hydrogen) atoms. The van der Waals surface area contributed by atoms with Crippen molar-refractivity contribution in [2.24, 2.45) is 5.92 Å². The summed E-state index contributed by atoms with van der Waals surface area (Å²) in [5.74, 6) is -1.43. The molecule has 3 aromatic rings. The maximum absolute atomic E-state index is 13.6. The number of methoxy groups -OCH3 is 1. The SMILES string of the molecule is COc1cccc(N2C(=O)[C@@H]3[C@H](ON(c4ccccc4)[C@@H]3c3ccc(Cl)c([N+](=O)[O-])c3)C2=O)c1. The van der Waals surface area contributed by atoms with Crippen molar-refractivity contribution in [1.82, 2.24) is 0 Å². The van der Waals surface area contributed by atoms with Crippen molar-refractivity contribution in [1.29, 1.82) is 0 Å². The maximum atomic E-state index is 13.6. The molecule has 2 saturated heterocycles. The zero-order valence-electron chi connectivity index (χ0n) is 17.8. The number of imide groups is 1. The number of carbonyl (C=O) groups excluding carboxylic acids is 2. The van der Waals surface area contributed by atoms with Crippen LogP contribution in [-0.4, -0.2) is 30.0 Å². The number of hydrogen-bond acceptors (Lipinski definition) is 7. The second-order valence-corrected chi connectivity index (χ2v) is 8.25.